The lowest BCUT2D eigenvalue weighted by Crippen LogP contribution is -2.01. The van der Waals surface area contributed by atoms with Crippen molar-refractivity contribution in [1.82, 2.24) is 15.0 Å². The molecule has 2 aromatic heterocycles. The zero-order valence-electron chi connectivity index (χ0n) is 14.4. The summed E-state index contributed by atoms with van der Waals surface area (Å²) in [4.78, 5) is 11.8. The van der Waals surface area contributed by atoms with Crippen molar-refractivity contribution in [2.24, 2.45) is 0 Å². The Morgan fingerprint density at radius 3 is 2.46 bits per heavy atom. The molecule has 28 heavy (non-hydrogen) atoms. The summed E-state index contributed by atoms with van der Waals surface area (Å²) in [5, 5.41) is 0.840. The Morgan fingerprint density at radius 2 is 1.79 bits per heavy atom. The van der Waals surface area contributed by atoms with E-state index >= 15 is 0 Å². The summed E-state index contributed by atoms with van der Waals surface area (Å²) in [5.74, 6) is 0.855. The number of hydrogen-bond donors (Lipinski definition) is 0. The lowest BCUT2D eigenvalue weighted by Gasteiger charge is -2.08. The third kappa shape index (κ3) is 5.28. The van der Waals surface area contributed by atoms with Gasteiger partial charge in [0.25, 0.3) is 6.43 Å². The standard InChI is InChI=1S/C19H14Cl3F2N3O/c20-12-5-6-15(13(21)8-12)28-16-7-4-11(9-25-16)2-1-3-14-17(22)18(19(23)24)27-10-26-14/h4-10,19H,1-3H2. The molecule has 146 valence electrons. The summed E-state index contributed by atoms with van der Waals surface area (Å²) in [6, 6.07) is 8.53. The minimum atomic E-state index is -2.72. The number of aromatic nitrogens is 3. The van der Waals surface area contributed by atoms with Gasteiger partial charge in [-0.05, 0) is 43.0 Å². The molecule has 3 aromatic rings. The number of ether oxygens (including phenoxy) is 1. The second-order valence-corrected chi connectivity index (χ2v) is 7.08. The lowest BCUT2D eigenvalue weighted by atomic mass is 10.1. The number of hydrogen-bond acceptors (Lipinski definition) is 4. The molecular formula is C19H14Cl3F2N3O. The number of pyridine rings is 1. The smallest absolute Gasteiger partial charge is 0.281 e. The summed E-state index contributed by atoms with van der Waals surface area (Å²) in [7, 11) is 0. The molecule has 1 aromatic carbocycles. The fourth-order valence-electron chi connectivity index (χ4n) is 2.50. The molecule has 0 saturated heterocycles. The molecule has 0 saturated carbocycles. The first kappa shape index (κ1) is 20.7. The van der Waals surface area contributed by atoms with Gasteiger partial charge in [-0.15, -0.1) is 0 Å². The molecule has 0 N–H and O–H groups in total. The molecule has 0 aliphatic carbocycles. The Labute approximate surface area is 175 Å². The Kier molecular flexibility index (Phi) is 6.99. The maximum Gasteiger partial charge on any atom is 0.281 e. The number of halogens is 5. The number of rotatable bonds is 7. The molecule has 0 unspecified atom stereocenters. The number of nitrogens with zero attached hydrogens (tertiary/aromatic N) is 3. The van der Waals surface area contributed by atoms with Crippen LogP contribution in [0.4, 0.5) is 8.78 Å². The van der Waals surface area contributed by atoms with Gasteiger partial charge in [-0.2, -0.15) is 0 Å². The highest BCUT2D eigenvalue weighted by Crippen LogP contribution is 2.31. The van der Waals surface area contributed by atoms with E-state index in [1.165, 1.54) is 0 Å². The first-order valence-electron chi connectivity index (χ1n) is 8.29. The topological polar surface area (TPSA) is 47.9 Å². The van der Waals surface area contributed by atoms with Crippen LogP contribution in [0.25, 0.3) is 0 Å². The van der Waals surface area contributed by atoms with E-state index in [4.69, 9.17) is 39.5 Å². The van der Waals surface area contributed by atoms with Gasteiger partial charge in [-0.25, -0.2) is 23.7 Å². The van der Waals surface area contributed by atoms with Crippen LogP contribution in [0.3, 0.4) is 0 Å². The van der Waals surface area contributed by atoms with Crippen molar-refractivity contribution in [3.05, 3.63) is 74.9 Å². The number of benzene rings is 1. The highest BCUT2D eigenvalue weighted by atomic mass is 35.5. The number of aryl methyl sites for hydroxylation is 2. The summed E-state index contributed by atoms with van der Waals surface area (Å²) < 4.78 is 31.3. The normalized spacial score (nSPS) is 11.1. The molecule has 4 nitrogen and oxygen atoms in total. The zero-order chi connectivity index (χ0) is 20.1. The molecule has 9 heteroatoms. The maximum atomic E-state index is 12.8. The second kappa shape index (κ2) is 9.45. The third-order valence-corrected chi connectivity index (χ3v) is 4.82. The highest BCUT2D eigenvalue weighted by molar-refractivity contribution is 6.35. The van der Waals surface area contributed by atoms with Gasteiger partial charge in [0, 0.05) is 17.3 Å². The minimum absolute atomic E-state index is 0.0702. The molecule has 0 aliphatic heterocycles. The predicted octanol–water partition coefficient (Wildman–Crippen LogP) is 6.74. The summed E-state index contributed by atoms with van der Waals surface area (Å²) in [6.07, 6.45) is 1.88. The van der Waals surface area contributed by atoms with E-state index in [0.29, 0.717) is 46.6 Å². The molecule has 2 heterocycles. The van der Waals surface area contributed by atoms with Crippen LogP contribution in [-0.4, -0.2) is 15.0 Å². The average Bonchev–Trinajstić information content (AvgIpc) is 2.66. The SMILES string of the molecule is FC(F)c1ncnc(CCCc2ccc(Oc3ccc(Cl)cc3Cl)nc2)c1Cl. The van der Waals surface area contributed by atoms with Crippen molar-refractivity contribution in [2.45, 2.75) is 25.7 Å². The van der Waals surface area contributed by atoms with E-state index in [2.05, 4.69) is 15.0 Å². The third-order valence-electron chi connectivity index (χ3n) is 3.88. The lowest BCUT2D eigenvalue weighted by molar-refractivity contribution is 0.146. The zero-order valence-corrected chi connectivity index (χ0v) is 16.6. The monoisotopic (exact) mass is 443 g/mol. The number of alkyl halides is 2. The Balaban J connectivity index is 1.57. The van der Waals surface area contributed by atoms with Crippen molar-refractivity contribution in [1.29, 1.82) is 0 Å². The minimum Gasteiger partial charge on any atom is -0.437 e. The van der Waals surface area contributed by atoms with Crippen LogP contribution in [0.1, 0.15) is 29.8 Å². The highest BCUT2D eigenvalue weighted by Gasteiger charge is 2.17. The van der Waals surface area contributed by atoms with E-state index in [1.54, 1.807) is 30.5 Å². The Bertz CT molecular complexity index is 956. The van der Waals surface area contributed by atoms with Crippen LogP contribution in [0.2, 0.25) is 15.1 Å². The fourth-order valence-corrected chi connectivity index (χ4v) is 3.22. The van der Waals surface area contributed by atoms with E-state index in [9.17, 15) is 8.78 Å². The van der Waals surface area contributed by atoms with E-state index < -0.39 is 12.1 Å². The molecule has 0 fully saturated rings. The second-order valence-electron chi connectivity index (χ2n) is 5.86. The quantitative estimate of drug-likeness (QED) is 0.405. The van der Waals surface area contributed by atoms with Crippen LogP contribution in [-0.2, 0) is 12.8 Å². The summed E-state index contributed by atoms with van der Waals surface area (Å²) >= 11 is 17.9. The Hall–Kier alpha value is -2.02. The Morgan fingerprint density at radius 1 is 0.964 bits per heavy atom. The molecular weight excluding hydrogens is 431 g/mol. The molecule has 3 rings (SSSR count). The molecule has 0 bridgehead atoms. The first-order chi connectivity index (χ1) is 13.4. The van der Waals surface area contributed by atoms with Crippen LogP contribution < -0.4 is 4.74 Å². The van der Waals surface area contributed by atoms with Crippen molar-refractivity contribution < 1.29 is 13.5 Å². The largest absolute Gasteiger partial charge is 0.437 e. The van der Waals surface area contributed by atoms with E-state index in [-0.39, 0.29) is 5.02 Å². The van der Waals surface area contributed by atoms with Crippen LogP contribution in [0.5, 0.6) is 11.6 Å². The maximum absolute atomic E-state index is 12.8. The van der Waals surface area contributed by atoms with Crippen molar-refractivity contribution in [2.75, 3.05) is 0 Å². The van der Waals surface area contributed by atoms with Gasteiger partial charge in [0.2, 0.25) is 5.88 Å². The van der Waals surface area contributed by atoms with Gasteiger partial charge in [-0.3, -0.25) is 0 Å². The van der Waals surface area contributed by atoms with Gasteiger partial charge in [0.15, 0.2) is 0 Å². The van der Waals surface area contributed by atoms with E-state index in [0.717, 1.165) is 11.9 Å². The van der Waals surface area contributed by atoms with Crippen LogP contribution in [0, 0.1) is 0 Å². The van der Waals surface area contributed by atoms with Crippen LogP contribution in [0.15, 0.2) is 42.9 Å². The van der Waals surface area contributed by atoms with Gasteiger partial charge in [0.1, 0.15) is 17.8 Å². The van der Waals surface area contributed by atoms with Crippen molar-refractivity contribution in [3.8, 4) is 11.6 Å². The van der Waals surface area contributed by atoms with Gasteiger partial charge < -0.3 is 4.74 Å². The molecule has 0 amide bonds. The molecule has 0 aliphatic rings. The van der Waals surface area contributed by atoms with Gasteiger partial charge >= 0.3 is 0 Å². The van der Waals surface area contributed by atoms with Crippen LogP contribution >= 0.6 is 34.8 Å². The first-order valence-corrected chi connectivity index (χ1v) is 9.42. The summed E-state index contributed by atoms with van der Waals surface area (Å²) in [5.41, 5.74) is 0.946. The van der Waals surface area contributed by atoms with Crippen molar-refractivity contribution >= 4 is 34.8 Å². The van der Waals surface area contributed by atoms with E-state index in [1.807, 2.05) is 6.07 Å². The summed E-state index contributed by atoms with van der Waals surface area (Å²) in [6.45, 7) is 0. The molecule has 0 atom stereocenters. The average molecular weight is 445 g/mol. The fraction of sp³-hybridized carbons (Fsp3) is 0.211. The van der Waals surface area contributed by atoms with Gasteiger partial charge in [-0.1, -0.05) is 40.9 Å². The predicted molar refractivity (Wildman–Crippen MR) is 105 cm³/mol. The molecule has 0 radical (unpaired) electrons. The molecule has 0 spiro atoms. The van der Waals surface area contributed by atoms with Crippen molar-refractivity contribution in [3.63, 3.8) is 0 Å². The van der Waals surface area contributed by atoms with Gasteiger partial charge in [0.05, 0.1) is 15.7 Å².